The number of halogens is 1. The molecule has 2 N–H and O–H groups in total. The Morgan fingerprint density at radius 1 is 1.43 bits per heavy atom. The summed E-state index contributed by atoms with van der Waals surface area (Å²) in [5, 5.41) is 0.566. The average Bonchev–Trinajstić information content (AvgIpc) is 2.08. The first-order chi connectivity index (χ1) is 6.75. The quantitative estimate of drug-likeness (QED) is 0.780. The average molecular weight is 212 g/mol. The van der Waals surface area contributed by atoms with Gasteiger partial charge in [-0.25, -0.2) is 0 Å². The lowest BCUT2D eigenvalue weighted by molar-refractivity contribution is 0.180. The van der Waals surface area contributed by atoms with Crippen LogP contribution in [-0.2, 0) is 0 Å². The summed E-state index contributed by atoms with van der Waals surface area (Å²) in [5.41, 5.74) is 6.19. The lowest BCUT2D eigenvalue weighted by Crippen LogP contribution is -2.19. The van der Waals surface area contributed by atoms with Crippen LogP contribution < -0.4 is 10.5 Å². The van der Waals surface area contributed by atoms with Crippen molar-refractivity contribution in [3.63, 3.8) is 0 Å². The Morgan fingerprint density at radius 3 is 2.79 bits per heavy atom. The number of benzene rings is 1. The van der Waals surface area contributed by atoms with Crippen molar-refractivity contribution in [1.29, 1.82) is 0 Å². The van der Waals surface area contributed by atoms with E-state index < -0.39 is 0 Å². The Morgan fingerprint density at radius 2 is 2.21 bits per heavy atom. The molecule has 0 spiro atoms. The number of hydrogen-bond donors (Lipinski definition) is 1. The first kappa shape index (κ1) is 9.66. The van der Waals surface area contributed by atoms with Gasteiger partial charge in [-0.1, -0.05) is 18.0 Å². The van der Waals surface area contributed by atoms with E-state index >= 15 is 0 Å². The standard InChI is InChI=1S/C11H14ClNO/c12-10-6-9(4-5-11(10)13)14-7-8-2-1-3-8/h4-6,8H,1-3,7,13H2. The van der Waals surface area contributed by atoms with Crippen LogP contribution in [0.4, 0.5) is 5.69 Å². The van der Waals surface area contributed by atoms with Crippen molar-refractivity contribution >= 4 is 17.3 Å². The molecule has 1 aromatic rings. The molecule has 76 valence electrons. The Bertz CT molecular complexity index is 323. The van der Waals surface area contributed by atoms with E-state index in [0.29, 0.717) is 10.7 Å². The fraction of sp³-hybridized carbons (Fsp3) is 0.455. The summed E-state index contributed by atoms with van der Waals surface area (Å²) in [6, 6.07) is 5.41. The highest BCUT2D eigenvalue weighted by atomic mass is 35.5. The van der Waals surface area contributed by atoms with Crippen molar-refractivity contribution in [3.05, 3.63) is 23.2 Å². The molecule has 0 atom stereocenters. The maximum atomic E-state index is 5.87. The summed E-state index contributed by atoms with van der Waals surface area (Å²) in [6.07, 6.45) is 3.93. The van der Waals surface area contributed by atoms with Gasteiger partial charge in [-0.2, -0.15) is 0 Å². The molecule has 0 heterocycles. The summed E-state index contributed by atoms with van der Waals surface area (Å²) in [4.78, 5) is 0. The van der Waals surface area contributed by atoms with E-state index in [1.165, 1.54) is 19.3 Å². The van der Waals surface area contributed by atoms with Gasteiger partial charge in [0.1, 0.15) is 5.75 Å². The van der Waals surface area contributed by atoms with Gasteiger partial charge in [-0.05, 0) is 30.9 Å². The molecule has 1 fully saturated rings. The highest BCUT2D eigenvalue weighted by Crippen LogP contribution is 2.28. The van der Waals surface area contributed by atoms with Crippen molar-refractivity contribution < 1.29 is 4.74 Å². The fourth-order valence-electron chi connectivity index (χ4n) is 1.47. The molecule has 1 aromatic carbocycles. The minimum atomic E-state index is 0.566. The van der Waals surface area contributed by atoms with E-state index in [0.717, 1.165) is 18.3 Å². The second-order valence-corrected chi connectivity index (χ2v) is 4.20. The van der Waals surface area contributed by atoms with Crippen LogP contribution in [0.25, 0.3) is 0 Å². The minimum Gasteiger partial charge on any atom is -0.493 e. The maximum Gasteiger partial charge on any atom is 0.120 e. The summed E-state index contributed by atoms with van der Waals surface area (Å²) < 4.78 is 5.61. The molecule has 2 nitrogen and oxygen atoms in total. The van der Waals surface area contributed by atoms with Crippen LogP contribution in [0, 0.1) is 5.92 Å². The molecule has 3 heteroatoms. The van der Waals surface area contributed by atoms with Crippen LogP contribution >= 0.6 is 11.6 Å². The Labute approximate surface area is 89.0 Å². The lowest BCUT2D eigenvalue weighted by atomic mass is 9.86. The van der Waals surface area contributed by atoms with Crippen molar-refractivity contribution in [2.75, 3.05) is 12.3 Å². The zero-order valence-corrected chi connectivity index (χ0v) is 8.76. The van der Waals surface area contributed by atoms with Crippen LogP contribution in [0.2, 0.25) is 5.02 Å². The van der Waals surface area contributed by atoms with Gasteiger partial charge < -0.3 is 10.5 Å². The van der Waals surface area contributed by atoms with Crippen molar-refractivity contribution in [1.82, 2.24) is 0 Å². The number of nitrogens with two attached hydrogens (primary N) is 1. The second kappa shape index (κ2) is 4.09. The molecule has 0 unspecified atom stereocenters. The molecular formula is C11H14ClNO. The van der Waals surface area contributed by atoms with E-state index in [1.807, 2.05) is 6.07 Å². The number of hydrogen-bond acceptors (Lipinski definition) is 2. The zero-order valence-electron chi connectivity index (χ0n) is 8.00. The van der Waals surface area contributed by atoms with Gasteiger partial charge in [0.15, 0.2) is 0 Å². The van der Waals surface area contributed by atoms with E-state index in [2.05, 4.69) is 0 Å². The third-order valence-electron chi connectivity index (χ3n) is 2.68. The molecule has 0 saturated heterocycles. The summed E-state index contributed by atoms with van der Waals surface area (Å²) >= 11 is 5.87. The normalized spacial score (nSPS) is 16.4. The molecule has 0 radical (unpaired) electrons. The highest BCUT2D eigenvalue weighted by Gasteiger charge is 2.17. The summed E-state index contributed by atoms with van der Waals surface area (Å²) in [7, 11) is 0. The molecule has 0 aliphatic heterocycles. The van der Waals surface area contributed by atoms with E-state index in [1.54, 1.807) is 12.1 Å². The topological polar surface area (TPSA) is 35.2 Å². The Hall–Kier alpha value is -0.890. The van der Waals surface area contributed by atoms with Gasteiger partial charge in [0.05, 0.1) is 17.3 Å². The summed E-state index contributed by atoms with van der Waals surface area (Å²) in [5.74, 6) is 1.56. The molecule has 1 saturated carbocycles. The van der Waals surface area contributed by atoms with Gasteiger partial charge in [0.25, 0.3) is 0 Å². The van der Waals surface area contributed by atoms with Crippen molar-refractivity contribution in [3.8, 4) is 5.75 Å². The molecule has 0 bridgehead atoms. The number of anilines is 1. The maximum absolute atomic E-state index is 5.87. The molecule has 0 aromatic heterocycles. The van der Waals surface area contributed by atoms with Crippen LogP contribution in [-0.4, -0.2) is 6.61 Å². The Balaban J connectivity index is 1.91. The van der Waals surface area contributed by atoms with E-state index in [9.17, 15) is 0 Å². The van der Waals surface area contributed by atoms with E-state index in [-0.39, 0.29) is 0 Å². The van der Waals surface area contributed by atoms with Gasteiger partial charge in [0, 0.05) is 6.07 Å². The fourth-order valence-corrected chi connectivity index (χ4v) is 1.64. The SMILES string of the molecule is Nc1ccc(OCC2CCC2)cc1Cl. The third-order valence-corrected chi connectivity index (χ3v) is 3.01. The molecule has 1 aliphatic rings. The van der Waals surface area contributed by atoms with Crippen LogP contribution in [0.1, 0.15) is 19.3 Å². The van der Waals surface area contributed by atoms with Crippen LogP contribution in [0.5, 0.6) is 5.75 Å². The predicted molar refractivity (Wildman–Crippen MR) is 58.7 cm³/mol. The molecular weight excluding hydrogens is 198 g/mol. The number of nitrogen functional groups attached to an aromatic ring is 1. The minimum absolute atomic E-state index is 0.566. The molecule has 2 rings (SSSR count). The van der Waals surface area contributed by atoms with Gasteiger partial charge >= 0.3 is 0 Å². The molecule has 1 aliphatic carbocycles. The number of rotatable bonds is 3. The smallest absolute Gasteiger partial charge is 0.120 e. The van der Waals surface area contributed by atoms with Gasteiger partial charge in [-0.3, -0.25) is 0 Å². The first-order valence-electron chi connectivity index (χ1n) is 4.93. The second-order valence-electron chi connectivity index (χ2n) is 3.79. The number of ether oxygens (including phenoxy) is 1. The third kappa shape index (κ3) is 2.13. The Kier molecular flexibility index (Phi) is 2.82. The van der Waals surface area contributed by atoms with Crippen LogP contribution in [0.3, 0.4) is 0 Å². The largest absolute Gasteiger partial charge is 0.493 e. The lowest BCUT2D eigenvalue weighted by Gasteiger charge is -2.25. The van der Waals surface area contributed by atoms with Crippen molar-refractivity contribution in [2.24, 2.45) is 5.92 Å². The zero-order chi connectivity index (χ0) is 9.97. The monoisotopic (exact) mass is 211 g/mol. The molecule has 14 heavy (non-hydrogen) atoms. The van der Waals surface area contributed by atoms with E-state index in [4.69, 9.17) is 22.1 Å². The molecule has 0 amide bonds. The predicted octanol–water partition coefficient (Wildman–Crippen LogP) is 3.10. The van der Waals surface area contributed by atoms with Gasteiger partial charge in [-0.15, -0.1) is 0 Å². The van der Waals surface area contributed by atoms with Gasteiger partial charge in [0.2, 0.25) is 0 Å². The van der Waals surface area contributed by atoms with Crippen LogP contribution in [0.15, 0.2) is 18.2 Å². The highest BCUT2D eigenvalue weighted by molar-refractivity contribution is 6.33. The van der Waals surface area contributed by atoms with Crippen molar-refractivity contribution in [2.45, 2.75) is 19.3 Å². The first-order valence-corrected chi connectivity index (χ1v) is 5.31. The summed E-state index contributed by atoms with van der Waals surface area (Å²) in [6.45, 7) is 0.806.